The van der Waals surface area contributed by atoms with Crippen LogP contribution >= 0.6 is 15.9 Å². The highest BCUT2D eigenvalue weighted by atomic mass is 79.9. The summed E-state index contributed by atoms with van der Waals surface area (Å²) in [6, 6.07) is 15.7. The lowest BCUT2D eigenvalue weighted by atomic mass is 9.85. The number of benzene rings is 2. The van der Waals surface area contributed by atoms with Crippen LogP contribution in [0.1, 0.15) is 35.2 Å². The molecule has 2 aliphatic rings. The van der Waals surface area contributed by atoms with Crippen molar-refractivity contribution in [1.82, 2.24) is 10.6 Å². The van der Waals surface area contributed by atoms with Crippen LogP contribution in [0.5, 0.6) is 0 Å². The lowest BCUT2D eigenvalue weighted by Crippen LogP contribution is -2.42. The first-order valence-corrected chi connectivity index (χ1v) is 10.5. The van der Waals surface area contributed by atoms with Gasteiger partial charge in [0.2, 0.25) is 5.91 Å². The van der Waals surface area contributed by atoms with Gasteiger partial charge in [-0.05, 0) is 61.1 Å². The second-order valence-corrected chi connectivity index (χ2v) is 8.61. The number of nitrogens with one attached hydrogen (secondary N) is 3. The Kier molecular flexibility index (Phi) is 5.78. The van der Waals surface area contributed by atoms with Crippen molar-refractivity contribution in [2.75, 3.05) is 11.9 Å². The van der Waals surface area contributed by atoms with Gasteiger partial charge in [-0.1, -0.05) is 34.1 Å². The fourth-order valence-corrected chi connectivity index (χ4v) is 4.43. The van der Waals surface area contributed by atoms with Crippen LogP contribution in [0.25, 0.3) is 0 Å². The Bertz CT molecular complexity index is 868. The summed E-state index contributed by atoms with van der Waals surface area (Å²) in [5.41, 5.74) is 2.16. The van der Waals surface area contributed by atoms with E-state index in [0.29, 0.717) is 29.6 Å². The second kappa shape index (κ2) is 8.45. The molecule has 0 aromatic heterocycles. The zero-order valence-electron chi connectivity index (χ0n) is 15.6. The van der Waals surface area contributed by atoms with E-state index in [1.165, 1.54) is 0 Å². The maximum absolute atomic E-state index is 12.7. The summed E-state index contributed by atoms with van der Waals surface area (Å²) < 4.78 is 0.984. The number of rotatable bonds is 5. The number of anilines is 1. The molecule has 2 amide bonds. The van der Waals surface area contributed by atoms with Crippen LogP contribution in [0.2, 0.25) is 0 Å². The van der Waals surface area contributed by atoms with Crippen molar-refractivity contribution in [3.8, 4) is 0 Å². The van der Waals surface area contributed by atoms with E-state index < -0.39 is 0 Å². The van der Waals surface area contributed by atoms with Crippen molar-refractivity contribution in [2.45, 2.75) is 37.8 Å². The molecule has 1 aliphatic carbocycles. The van der Waals surface area contributed by atoms with Gasteiger partial charge in [0.05, 0.1) is 6.42 Å². The lowest BCUT2D eigenvalue weighted by molar-refractivity contribution is -0.115. The third kappa shape index (κ3) is 4.62. The van der Waals surface area contributed by atoms with Gasteiger partial charge in [-0.15, -0.1) is 0 Å². The number of hydrogen-bond donors (Lipinski definition) is 3. The monoisotopic (exact) mass is 441 g/mol. The summed E-state index contributed by atoms with van der Waals surface area (Å²) in [5.74, 6) is 0.353. The minimum absolute atomic E-state index is 0.0700. The van der Waals surface area contributed by atoms with Gasteiger partial charge in [-0.2, -0.15) is 0 Å². The van der Waals surface area contributed by atoms with Crippen molar-refractivity contribution in [1.29, 1.82) is 0 Å². The highest BCUT2D eigenvalue weighted by molar-refractivity contribution is 9.10. The molecule has 28 heavy (non-hydrogen) atoms. The molecular weight excluding hydrogens is 418 g/mol. The van der Waals surface area contributed by atoms with Gasteiger partial charge in [0.15, 0.2) is 0 Å². The highest BCUT2D eigenvalue weighted by Crippen LogP contribution is 2.29. The van der Waals surface area contributed by atoms with Gasteiger partial charge >= 0.3 is 0 Å². The van der Waals surface area contributed by atoms with Crippen LogP contribution in [0.3, 0.4) is 0 Å². The molecule has 0 spiro atoms. The Morgan fingerprint density at radius 2 is 1.93 bits per heavy atom. The standard InChI is InChI=1S/C22H24BrN3O2/c23-17-6-4-14(5-7-17)10-21(27)25-19-3-1-2-15(11-19)22(28)26-20-9-8-18-12-16(20)13-24-18/h1-7,11,16,18,20,24H,8-10,12-13H2,(H,25,27)(H,26,28). The first-order valence-electron chi connectivity index (χ1n) is 9.75. The maximum Gasteiger partial charge on any atom is 0.251 e. The number of hydrogen-bond acceptors (Lipinski definition) is 3. The number of fused-ring (bicyclic) bond motifs is 2. The Morgan fingerprint density at radius 1 is 1.11 bits per heavy atom. The molecule has 3 atom stereocenters. The molecule has 6 heteroatoms. The highest BCUT2D eigenvalue weighted by Gasteiger charge is 2.36. The van der Waals surface area contributed by atoms with Gasteiger partial charge in [0.25, 0.3) is 5.91 Å². The van der Waals surface area contributed by atoms with Crippen LogP contribution in [-0.2, 0) is 11.2 Å². The van der Waals surface area contributed by atoms with Crippen molar-refractivity contribution in [3.63, 3.8) is 0 Å². The number of carbonyl (C=O) groups is 2. The Labute approximate surface area is 173 Å². The van der Waals surface area contributed by atoms with E-state index in [9.17, 15) is 9.59 Å². The van der Waals surface area contributed by atoms with Crippen molar-refractivity contribution < 1.29 is 9.59 Å². The van der Waals surface area contributed by atoms with Gasteiger partial charge in [-0.25, -0.2) is 0 Å². The summed E-state index contributed by atoms with van der Waals surface area (Å²) in [7, 11) is 0. The lowest BCUT2D eigenvalue weighted by Gasteiger charge is -2.28. The molecule has 2 fully saturated rings. The summed E-state index contributed by atoms with van der Waals surface area (Å²) in [6.07, 6.45) is 3.59. The maximum atomic E-state index is 12.7. The summed E-state index contributed by atoms with van der Waals surface area (Å²) >= 11 is 3.39. The van der Waals surface area contributed by atoms with E-state index in [1.807, 2.05) is 30.3 Å². The molecule has 2 bridgehead atoms. The van der Waals surface area contributed by atoms with Gasteiger partial charge in [0, 0.05) is 34.4 Å². The predicted octanol–water partition coefficient (Wildman–Crippen LogP) is 3.50. The molecule has 3 unspecified atom stereocenters. The topological polar surface area (TPSA) is 70.2 Å². The van der Waals surface area contributed by atoms with Gasteiger partial charge < -0.3 is 16.0 Å². The van der Waals surface area contributed by atoms with Crippen LogP contribution in [0, 0.1) is 5.92 Å². The predicted molar refractivity (Wildman–Crippen MR) is 113 cm³/mol. The van der Waals surface area contributed by atoms with Crippen molar-refractivity contribution >= 4 is 33.4 Å². The molecule has 1 aliphatic heterocycles. The van der Waals surface area contributed by atoms with Crippen LogP contribution < -0.4 is 16.0 Å². The largest absolute Gasteiger partial charge is 0.349 e. The van der Waals surface area contributed by atoms with Gasteiger partial charge in [-0.3, -0.25) is 9.59 Å². The van der Waals surface area contributed by atoms with Crippen LogP contribution in [0.15, 0.2) is 53.0 Å². The number of halogens is 1. The fraction of sp³-hybridized carbons (Fsp3) is 0.364. The van der Waals surface area contributed by atoms with Crippen molar-refractivity contribution in [3.05, 3.63) is 64.1 Å². The normalized spacial score (nSPS) is 23.2. The van der Waals surface area contributed by atoms with E-state index in [-0.39, 0.29) is 17.9 Å². The van der Waals surface area contributed by atoms with E-state index in [2.05, 4.69) is 31.9 Å². The molecule has 1 saturated carbocycles. The Morgan fingerprint density at radius 3 is 2.75 bits per heavy atom. The molecule has 1 heterocycles. The molecule has 5 nitrogen and oxygen atoms in total. The Balaban J connectivity index is 1.36. The van der Waals surface area contributed by atoms with E-state index in [0.717, 1.165) is 35.8 Å². The zero-order valence-corrected chi connectivity index (χ0v) is 17.2. The van der Waals surface area contributed by atoms with E-state index >= 15 is 0 Å². The molecule has 0 radical (unpaired) electrons. The summed E-state index contributed by atoms with van der Waals surface area (Å²) in [6.45, 7) is 0.988. The minimum Gasteiger partial charge on any atom is -0.349 e. The molecule has 4 rings (SSSR count). The molecular formula is C22H24BrN3O2. The average Bonchev–Trinajstić information content (AvgIpc) is 3.08. The summed E-state index contributed by atoms with van der Waals surface area (Å²) in [5, 5.41) is 9.60. The first-order chi connectivity index (χ1) is 13.6. The molecule has 2 aromatic rings. The first kappa shape index (κ1) is 19.2. The molecule has 3 N–H and O–H groups in total. The number of amides is 2. The molecule has 1 saturated heterocycles. The second-order valence-electron chi connectivity index (χ2n) is 7.69. The smallest absolute Gasteiger partial charge is 0.251 e. The van der Waals surface area contributed by atoms with Gasteiger partial charge in [0.1, 0.15) is 0 Å². The quantitative estimate of drug-likeness (QED) is 0.664. The fourth-order valence-electron chi connectivity index (χ4n) is 4.17. The van der Waals surface area contributed by atoms with E-state index in [1.54, 1.807) is 18.2 Å². The van der Waals surface area contributed by atoms with Crippen LogP contribution in [0.4, 0.5) is 5.69 Å². The van der Waals surface area contributed by atoms with E-state index in [4.69, 9.17) is 0 Å². The summed E-state index contributed by atoms with van der Waals surface area (Å²) in [4.78, 5) is 25.0. The third-order valence-electron chi connectivity index (χ3n) is 5.65. The average molecular weight is 442 g/mol. The zero-order chi connectivity index (χ0) is 19.5. The molecule has 2 aromatic carbocycles. The SMILES string of the molecule is O=C(Cc1ccc(Br)cc1)Nc1cccc(C(=O)NC2CCC3CC2CN3)c1. The Hall–Kier alpha value is -2.18. The number of carbonyl (C=O) groups excluding carboxylic acids is 2. The molecule has 146 valence electrons. The third-order valence-corrected chi connectivity index (χ3v) is 6.18. The van der Waals surface area contributed by atoms with Crippen molar-refractivity contribution in [2.24, 2.45) is 5.92 Å². The van der Waals surface area contributed by atoms with Crippen LogP contribution in [-0.4, -0.2) is 30.4 Å². The minimum atomic E-state index is -0.102.